The molecule has 0 fully saturated rings. The van der Waals surface area contributed by atoms with Crippen LogP contribution in [0.15, 0.2) is 0 Å². The maximum absolute atomic E-state index is 10.5. The van der Waals surface area contributed by atoms with E-state index >= 15 is 0 Å². The first kappa shape index (κ1) is 9.44. The highest BCUT2D eigenvalue weighted by Gasteiger charge is 2.26. The molecule has 0 aliphatic rings. The third-order valence-electron chi connectivity index (χ3n) is 0.723. The smallest absolute Gasteiger partial charge is 0.233 e. The Balaban J connectivity index is 4.51. The standard InChI is InChI=1S/C2H5ClN2O4S/c1-2-10(8,9)4(3)5(6)7/h2H2,1H3. The molecule has 0 aromatic heterocycles. The number of nitrogens with zero attached hydrogens (tertiary/aromatic N) is 2. The van der Waals surface area contributed by atoms with Gasteiger partial charge in [0.05, 0.1) is 9.69 Å². The van der Waals surface area contributed by atoms with Crippen LogP contribution in [0, 0.1) is 10.1 Å². The lowest BCUT2D eigenvalue weighted by Gasteiger charge is -2.01. The van der Waals surface area contributed by atoms with E-state index in [1.54, 1.807) is 0 Å². The van der Waals surface area contributed by atoms with E-state index in [1.807, 2.05) is 0 Å². The molecule has 0 aromatic rings. The molecule has 0 saturated heterocycles. The van der Waals surface area contributed by atoms with Crippen LogP contribution in [0.2, 0.25) is 0 Å². The van der Waals surface area contributed by atoms with Crippen LogP contribution in [0.5, 0.6) is 0 Å². The first-order valence-electron chi connectivity index (χ1n) is 2.25. The fourth-order valence-electron chi connectivity index (χ4n) is 0.208. The van der Waals surface area contributed by atoms with Gasteiger partial charge in [-0.1, -0.05) is 0 Å². The third kappa shape index (κ3) is 1.99. The summed E-state index contributed by atoms with van der Waals surface area (Å²) in [7, 11) is -3.90. The molecule has 0 unspecified atom stereocenters. The molecule has 0 aliphatic heterocycles. The summed E-state index contributed by atoms with van der Waals surface area (Å²) in [5, 5.41) is 8.52. The Kier molecular flexibility index (Phi) is 2.85. The molecule has 0 aliphatic carbocycles. The number of hydrogen-bond acceptors (Lipinski definition) is 4. The van der Waals surface area contributed by atoms with Gasteiger partial charge in [0.25, 0.3) is 0 Å². The average Bonchev–Trinajstić information content (AvgIpc) is 1.86. The normalized spacial score (nSPS) is 11.0. The Morgan fingerprint density at radius 3 is 2.20 bits per heavy atom. The van der Waals surface area contributed by atoms with Crippen molar-refractivity contribution in [1.82, 2.24) is 3.93 Å². The predicted octanol–water partition coefficient (Wildman–Crippen LogP) is -0.0164. The highest BCUT2D eigenvalue weighted by molar-refractivity contribution is 7.89. The molecule has 0 spiro atoms. The Labute approximate surface area is 62.7 Å². The van der Waals surface area contributed by atoms with Crippen molar-refractivity contribution in [3.63, 3.8) is 0 Å². The van der Waals surface area contributed by atoms with Gasteiger partial charge in [-0.15, -0.1) is 0 Å². The van der Waals surface area contributed by atoms with Gasteiger partial charge in [0.15, 0.2) is 5.03 Å². The van der Waals surface area contributed by atoms with Gasteiger partial charge in [-0.3, -0.25) is 0 Å². The molecule has 6 nitrogen and oxygen atoms in total. The van der Waals surface area contributed by atoms with Gasteiger partial charge in [0, 0.05) is 0 Å². The zero-order valence-corrected chi connectivity index (χ0v) is 6.59. The van der Waals surface area contributed by atoms with Crippen LogP contribution >= 0.6 is 11.8 Å². The van der Waals surface area contributed by atoms with Gasteiger partial charge in [0.2, 0.25) is 0 Å². The van der Waals surface area contributed by atoms with Gasteiger partial charge in [0.1, 0.15) is 11.8 Å². The zero-order valence-electron chi connectivity index (χ0n) is 5.02. The highest BCUT2D eigenvalue weighted by Crippen LogP contribution is 2.03. The first-order valence-corrected chi connectivity index (χ1v) is 4.19. The molecule has 0 amide bonds. The minimum atomic E-state index is -3.90. The molecule has 10 heavy (non-hydrogen) atoms. The number of hydrogen-bond donors (Lipinski definition) is 0. The van der Waals surface area contributed by atoms with Crippen LogP contribution in [-0.2, 0) is 10.0 Å². The lowest BCUT2D eigenvalue weighted by atomic mass is 11.0. The third-order valence-corrected chi connectivity index (χ3v) is 2.80. The SMILES string of the molecule is CCS(=O)(=O)N(Cl)[N+](=O)[O-]. The fraction of sp³-hybridized carbons (Fsp3) is 1.00. The Bertz CT molecular complexity index is 223. The summed E-state index contributed by atoms with van der Waals surface area (Å²) in [6.45, 7) is 1.26. The predicted molar refractivity (Wildman–Crippen MR) is 34.1 cm³/mol. The summed E-state index contributed by atoms with van der Waals surface area (Å²) in [6, 6.07) is 0. The molecule has 0 bridgehead atoms. The van der Waals surface area contributed by atoms with E-state index in [9.17, 15) is 18.5 Å². The second-order valence-corrected chi connectivity index (χ2v) is 3.94. The van der Waals surface area contributed by atoms with E-state index < -0.39 is 24.7 Å². The molecule has 0 radical (unpaired) electrons. The first-order chi connectivity index (χ1) is 4.41. The number of nitro groups is 1. The van der Waals surface area contributed by atoms with Crippen molar-refractivity contribution in [3.8, 4) is 0 Å². The molecule has 0 aromatic carbocycles. The van der Waals surface area contributed by atoms with Gasteiger partial charge < -0.3 is 0 Å². The number of sulfonamides is 1. The molecule has 0 atom stereocenters. The van der Waals surface area contributed by atoms with Crippen molar-refractivity contribution in [2.45, 2.75) is 6.92 Å². The van der Waals surface area contributed by atoms with E-state index in [4.69, 9.17) is 11.8 Å². The second-order valence-electron chi connectivity index (χ2n) is 1.33. The van der Waals surface area contributed by atoms with Crippen LogP contribution in [0.1, 0.15) is 6.92 Å². The molecule has 60 valence electrons. The number of rotatable bonds is 3. The van der Waals surface area contributed by atoms with Crippen molar-refractivity contribution in [1.29, 1.82) is 0 Å². The Hall–Kier alpha value is -0.560. The maximum Gasteiger partial charge on any atom is 0.301 e. The minimum absolute atomic E-state index is 0.391. The van der Waals surface area contributed by atoms with Crippen LogP contribution < -0.4 is 0 Å². The quantitative estimate of drug-likeness (QED) is 0.354. The Morgan fingerprint density at radius 1 is 1.70 bits per heavy atom. The van der Waals surface area contributed by atoms with Crippen molar-refractivity contribution in [3.05, 3.63) is 10.1 Å². The molecular weight excluding hydrogens is 184 g/mol. The van der Waals surface area contributed by atoms with E-state index in [2.05, 4.69) is 0 Å². The van der Waals surface area contributed by atoms with Crippen LogP contribution in [-0.4, -0.2) is 23.1 Å². The van der Waals surface area contributed by atoms with E-state index in [-0.39, 0.29) is 0 Å². The van der Waals surface area contributed by atoms with E-state index in [0.29, 0.717) is 0 Å². The lowest BCUT2D eigenvalue weighted by Crippen LogP contribution is -2.28. The summed E-state index contributed by atoms with van der Waals surface area (Å²) < 4.78 is 20.6. The molecule has 0 saturated carbocycles. The van der Waals surface area contributed by atoms with Gasteiger partial charge in [-0.05, 0) is 6.92 Å². The molecule has 0 heterocycles. The van der Waals surface area contributed by atoms with E-state index in [0.717, 1.165) is 0 Å². The molecular formula is C2H5ClN2O4S. The van der Waals surface area contributed by atoms with Gasteiger partial charge >= 0.3 is 10.0 Å². The van der Waals surface area contributed by atoms with Gasteiger partial charge in [-0.2, -0.15) is 0 Å². The van der Waals surface area contributed by atoms with Gasteiger partial charge in [-0.25, -0.2) is 18.5 Å². The van der Waals surface area contributed by atoms with Crippen molar-refractivity contribution in [2.75, 3.05) is 5.75 Å². The Morgan fingerprint density at radius 2 is 2.10 bits per heavy atom. The monoisotopic (exact) mass is 188 g/mol. The lowest BCUT2D eigenvalue weighted by molar-refractivity contribution is -0.588. The average molecular weight is 189 g/mol. The fourth-order valence-corrected chi connectivity index (χ4v) is 0.917. The van der Waals surface area contributed by atoms with Crippen LogP contribution in [0.4, 0.5) is 0 Å². The highest BCUT2D eigenvalue weighted by atomic mass is 35.5. The van der Waals surface area contributed by atoms with Crippen molar-refractivity contribution in [2.24, 2.45) is 0 Å². The largest absolute Gasteiger partial charge is 0.301 e. The number of halogens is 1. The second kappa shape index (κ2) is 3.02. The van der Waals surface area contributed by atoms with Crippen LogP contribution in [0.3, 0.4) is 0 Å². The van der Waals surface area contributed by atoms with Crippen molar-refractivity contribution >= 4 is 21.8 Å². The summed E-state index contributed by atoms with van der Waals surface area (Å²) in [4.78, 5) is 9.73. The topological polar surface area (TPSA) is 80.5 Å². The summed E-state index contributed by atoms with van der Waals surface area (Å²) in [6.07, 6.45) is 0. The molecule has 0 N–H and O–H groups in total. The zero-order chi connectivity index (χ0) is 8.36. The minimum Gasteiger partial charge on any atom is -0.233 e. The molecule has 0 rings (SSSR count). The van der Waals surface area contributed by atoms with Crippen LogP contribution in [0.25, 0.3) is 0 Å². The number of hydrazine groups is 1. The summed E-state index contributed by atoms with van der Waals surface area (Å²) >= 11 is 4.75. The van der Waals surface area contributed by atoms with E-state index in [1.165, 1.54) is 6.92 Å². The summed E-state index contributed by atoms with van der Waals surface area (Å²) in [5.74, 6) is -0.391. The molecule has 8 heteroatoms. The maximum atomic E-state index is 10.5. The van der Waals surface area contributed by atoms with Crippen molar-refractivity contribution < 1.29 is 13.5 Å². The summed E-state index contributed by atoms with van der Waals surface area (Å²) in [5.41, 5.74) is 0.